The molecule has 1 atom stereocenters. The Kier molecular flexibility index (Phi) is 3.81. The van der Waals surface area contributed by atoms with E-state index in [1.165, 1.54) is 12.3 Å². The lowest BCUT2D eigenvalue weighted by Gasteiger charge is -2.14. The Hall–Kier alpha value is -1.89. The second-order valence-electron chi connectivity index (χ2n) is 3.04. The quantitative estimate of drug-likeness (QED) is 0.469. The molecule has 0 saturated heterocycles. The molecule has 0 heterocycles. The van der Waals surface area contributed by atoms with E-state index in [1.807, 2.05) is 6.92 Å². The fraction of sp³-hybridized carbons (Fsp3) is 0.273. The molecule has 3 nitrogen and oxygen atoms in total. The summed E-state index contributed by atoms with van der Waals surface area (Å²) in [7, 11) is 0. The zero-order valence-corrected chi connectivity index (χ0v) is 8.33. The van der Waals surface area contributed by atoms with Gasteiger partial charge in [0, 0.05) is 5.56 Å². The summed E-state index contributed by atoms with van der Waals surface area (Å²) in [5.74, 6) is -1.09. The van der Waals surface area contributed by atoms with Crippen LogP contribution in [-0.4, -0.2) is 5.90 Å². The first-order valence-electron chi connectivity index (χ1n) is 4.59. The fourth-order valence-corrected chi connectivity index (χ4v) is 1.42. The van der Waals surface area contributed by atoms with Gasteiger partial charge in [-0.3, -0.25) is 5.41 Å². The highest BCUT2D eigenvalue weighted by Crippen LogP contribution is 2.23. The number of ether oxygens (including phenoxy) is 1. The van der Waals surface area contributed by atoms with Crippen LogP contribution in [0.1, 0.15) is 24.8 Å². The highest BCUT2D eigenvalue weighted by atomic mass is 19.1. The number of rotatable bonds is 3. The van der Waals surface area contributed by atoms with Crippen LogP contribution >= 0.6 is 0 Å². The lowest BCUT2D eigenvalue weighted by atomic mass is 9.96. The number of nitrogens with zero attached hydrogens (tertiary/aromatic N) is 1. The smallest absolute Gasteiger partial charge is 0.293 e. The maximum absolute atomic E-state index is 13.4. The van der Waals surface area contributed by atoms with Crippen LogP contribution in [0.4, 0.5) is 4.39 Å². The van der Waals surface area contributed by atoms with Gasteiger partial charge in [-0.15, -0.1) is 5.26 Å². The van der Waals surface area contributed by atoms with E-state index in [-0.39, 0.29) is 11.7 Å². The molecule has 1 N–H and O–H groups in total. The van der Waals surface area contributed by atoms with Gasteiger partial charge < -0.3 is 4.74 Å². The molecular formula is C11H11FN2O. The second-order valence-corrected chi connectivity index (χ2v) is 3.04. The van der Waals surface area contributed by atoms with Crippen LogP contribution in [0.3, 0.4) is 0 Å². The Balaban J connectivity index is 2.98. The van der Waals surface area contributed by atoms with Crippen molar-refractivity contribution in [2.75, 3.05) is 0 Å². The lowest BCUT2D eigenvalue weighted by Crippen LogP contribution is -2.13. The minimum Gasteiger partial charge on any atom is -0.372 e. The molecule has 0 aromatic heterocycles. The zero-order valence-electron chi connectivity index (χ0n) is 8.33. The molecule has 0 aliphatic rings. The maximum atomic E-state index is 13.4. The SMILES string of the molecule is CCC(C(=N)OC#N)c1ccccc1F. The molecule has 4 heteroatoms. The molecule has 1 aromatic rings. The van der Waals surface area contributed by atoms with Gasteiger partial charge >= 0.3 is 0 Å². The van der Waals surface area contributed by atoms with Crippen molar-refractivity contribution in [2.24, 2.45) is 0 Å². The zero-order chi connectivity index (χ0) is 11.3. The van der Waals surface area contributed by atoms with Crippen molar-refractivity contribution < 1.29 is 9.13 Å². The van der Waals surface area contributed by atoms with Crippen molar-refractivity contribution in [3.05, 3.63) is 35.6 Å². The van der Waals surface area contributed by atoms with Crippen LogP contribution in [0.15, 0.2) is 24.3 Å². The predicted octanol–water partition coefficient (Wildman–Crippen LogP) is 2.79. The topological polar surface area (TPSA) is 56.9 Å². The summed E-state index contributed by atoms with van der Waals surface area (Å²) < 4.78 is 17.8. The summed E-state index contributed by atoms with van der Waals surface area (Å²) in [6.45, 7) is 1.81. The average molecular weight is 206 g/mol. The Morgan fingerprint density at radius 3 is 2.80 bits per heavy atom. The summed E-state index contributed by atoms with van der Waals surface area (Å²) in [4.78, 5) is 0. The summed E-state index contributed by atoms with van der Waals surface area (Å²) in [5.41, 5.74) is 0.389. The third kappa shape index (κ3) is 2.53. The van der Waals surface area contributed by atoms with Crippen molar-refractivity contribution in [2.45, 2.75) is 19.3 Å². The van der Waals surface area contributed by atoms with Gasteiger partial charge in [-0.2, -0.15) is 0 Å². The molecule has 78 valence electrons. The van der Waals surface area contributed by atoms with Crippen LogP contribution in [0.2, 0.25) is 0 Å². The first-order chi connectivity index (χ1) is 7.20. The normalized spacial score (nSPS) is 11.5. The van der Waals surface area contributed by atoms with E-state index < -0.39 is 5.92 Å². The minimum atomic E-state index is -0.495. The van der Waals surface area contributed by atoms with Crippen molar-refractivity contribution in [1.29, 1.82) is 10.7 Å². The molecule has 1 unspecified atom stereocenters. The largest absolute Gasteiger partial charge is 0.372 e. The van der Waals surface area contributed by atoms with Gasteiger partial charge in [0.05, 0.1) is 5.92 Å². The summed E-state index contributed by atoms with van der Waals surface area (Å²) in [6.07, 6.45) is 1.94. The van der Waals surface area contributed by atoms with E-state index in [9.17, 15) is 4.39 Å². The van der Waals surface area contributed by atoms with E-state index in [1.54, 1.807) is 18.2 Å². The molecule has 0 radical (unpaired) electrons. The molecule has 0 amide bonds. The van der Waals surface area contributed by atoms with Gasteiger partial charge in [0.15, 0.2) is 0 Å². The predicted molar refractivity (Wildman–Crippen MR) is 53.9 cm³/mol. The van der Waals surface area contributed by atoms with Crippen molar-refractivity contribution in [3.8, 4) is 6.26 Å². The van der Waals surface area contributed by atoms with Crippen LogP contribution in [-0.2, 0) is 4.74 Å². The van der Waals surface area contributed by atoms with Crippen molar-refractivity contribution >= 4 is 5.90 Å². The van der Waals surface area contributed by atoms with E-state index >= 15 is 0 Å². The summed E-state index contributed by atoms with van der Waals surface area (Å²) in [5, 5.41) is 15.8. The van der Waals surface area contributed by atoms with Gasteiger partial charge in [-0.1, -0.05) is 25.1 Å². The standard InChI is InChI=1S/C11H11FN2O/c1-2-8(11(14)15-7-13)9-5-3-4-6-10(9)12/h3-6,8,14H,2H2,1H3. The molecule has 1 aromatic carbocycles. The molecule has 0 aliphatic carbocycles. The van der Waals surface area contributed by atoms with Gasteiger partial charge in [0.25, 0.3) is 6.26 Å². The number of halogens is 1. The highest BCUT2D eigenvalue weighted by Gasteiger charge is 2.19. The van der Waals surface area contributed by atoms with Gasteiger partial charge in [-0.25, -0.2) is 4.39 Å². The van der Waals surface area contributed by atoms with Crippen molar-refractivity contribution in [1.82, 2.24) is 0 Å². The average Bonchev–Trinajstić information content (AvgIpc) is 2.22. The fourth-order valence-electron chi connectivity index (χ4n) is 1.42. The van der Waals surface area contributed by atoms with E-state index in [0.29, 0.717) is 12.0 Å². The lowest BCUT2D eigenvalue weighted by molar-refractivity contribution is 0.456. The molecule has 0 fully saturated rings. The molecular weight excluding hydrogens is 195 g/mol. The van der Waals surface area contributed by atoms with E-state index in [4.69, 9.17) is 10.7 Å². The van der Waals surface area contributed by atoms with Crippen LogP contribution in [0.5, 0.6) is 0 Å². The number of hydrogen-bond donors (Lipinski definition) is 1. The molecule has 0 spiro atoms. The first-order valence-corrected chi connectivity index (χ1v) is 4.59. The van der Waals surface area contributed by atoms with E-state index in [0.717, 1.165) is 0 Å². The maximum Gasteiger partial charge on any atom is 0.293 e. The monoisotopic (exact) mass is 206 g/mol. The highest BCUT2D eigenvalue weighted by molar-refractivity contribution is 5.81. The summed E-state index contributed by atoms with van der Waals surface area (Å²) in [6, 6.07) is 6.21. The molecule has 15 heavy (non-hydrogen) atoms. The molecule has 1 rings (SSSR count). The third-order valence-corrected chi connectivity index (χ3v) is 2.16. The Morgan fingerprint density at radius 1 is 1.60 bits per heavy atom. The number of benzene rings is 1. The number of nitrogens with one attached hydrogen (secondary N) is 1. The van der Waals surface area contributed by atoms with Gasteiger partial charge in [-0.05, 0) is 12.5 Å². The first kappa shape index (κ1) is 11.2. The molecule has 0 saturated carbocycles. The molecule has 0 bridgehead atoms. The number of hydrogen-bond acceptors (Lipinski definition) is 3. The Morgan fingerprint density at radius 2 is 2.27 bits per heavy atom. The van der Waals surface area contributed by atoms with E-state index in [2.05, 4.69) is 4.74 Å². The van der Waals surface area contributed by atoms with Crippen LogP contribution in [0, 0.1) is 22.7 Å². The Labute approximate surface area is 87.6 Å². The van der Waals surface area contributed by atoms with Gasteiger partial charge in [0.1, 0.15) is 5.82 Å². The number of nitriles is 1. The summed E-state index contributed by atoms with van der Waals surface area (Å²) >= 11 is 0. The molecule has 0 aliphatic heterocycles. The van der Waals surface area contributed by atoms with Crippen LogP contribution < -0.4 is 0 Å². The van der Waals surface area contributed by atoms with Gasteiger partial charge in [0.2, 0.25) is 5.90 Å². The third-order valence-electron chi connectivity index (χ3n) is 2.16. The van der Waals surface area contributed by atoms with Crippen molar-refractivity contribution in [3.63, 3.8) is 0 Å². The minimum absolute atomic E-state index is 0.217. The van der Waals surface area contributed by atoms with Crippen LogP contribution in [0.25, 0.3) is 0 Å². The second kappa shape index (κ2) is 5.11. The Bertz CT molecular complexity index is 398.